The van der Waals surface area contributed by atoms with Crippen molar-refractivity contribution < 1.29 is 40.5 Å². The number of alkyl halides is 2. The molecule has 0 saturated heterocycles. The summed E-state index contributed by atoms with van der Waals surface area (Å²) in [6.45, 7) is 5.42. The summed E-state index contributed by atoms with van der Waals surface area (Å²) in [5.74, 6) is -1.05. The van der Waals surface area contributed by atoms with Crippen LogP contribution in [-0.4, -0.2) is 65.3 Å². The SMILES string of the molecule is CCOP(=O)(OCC)OCC[C@H](CCn1cnc2c(NC)ncnc21)C(F)(F)P(=O)(OCC)OCC. The van der Waals surface area contributed by atoms with Gasteiger partial charge in [0.15, 0.2) is 11.5 Å². The van der Waals surface area contributed by atoms with Crippen LogP contribution in [-0.2, 0) is 38.3 Å². The van der Waals surface area contributed by atoms with Crippen LogP contribution in [0.3, 0.4) is 0 Å². The van der Waals surface area contributed by atoms with Crippen LogP contribution in [0, 0.1) is 5.92 Å². The Labute approximate surface area is 209 Å². The van der Waals surface area contributed by atoms with Crippen molar-refractivity contribution in [2.45, 2.75) is 52.7 Å². The van der Waals surface area contributed by atoms with Crippen molar-refractivity contribution in [3.05, 3.63) is 12.7 Å². The molecule has 1 N–H and O–H groups in total. The lowest BCUT2D eigenvalue weighted by Crippen LogP contribution is -2.32. The van der Waals surface area contributed by atoms with Gasteiger partial charge in [-0.3, -0.25) is 18.1 Å². The normalized spacial score (nSPS) is 13.9. The number of phosphoric acid groups is 1. The van der Waals surface area contributed by atoms with Crippen LogP contribution in [0.25, 0.3) is 11.2 Å². The zero-order valence-electron chi connectivity index (χ0n) is 21.2. The molecule has 2 aromatic heterocycles. The Balaban J connectivity index is 2.30. The summed E-state index contributed by atoms with van der Waals surface area (Å²) in [4.78, 5) is 12.5. The number of imidazole rings is 1. The van der Waals surface area contributed by atoms with Crippen LogP contribution < -0.4 is 5.32 Å². The van der Waals surface area contributed by atoms with Gasteiger partial charge in [0.25, 0.3) is 0 Å². The van der Waals surface area contributed by atoms with E-state index >= 15 is 8.78 Å². The molecule has 0 radical (unpaired) electrons. The fourth-order valence-electron chi connectivity index (χ4n) is 3.52. The fraction of sp³-hybridized carbons (Fsp3) is 0.750. The van der Waals surface area contributed by atoms with E-state index in [9.17, 15) is 9.13 Å². The quantitative estimate of drug-likeness (QED) is 0.239. The number of hydrogen-bond donors (Lipinski definition) is 1. The highest BCUT2D eigenvalue weighted by Gasteiger charge is 2.58. The minimum atomic E-state index is -4.83. The van der Waals surface area contributed by atoms with Crippen molar-refractivity contribution in [2.24, 2.45) is 5.92 Å². The van der Waals surface area contributed by atoms with E-state index in [0.29, 0.717) is 17.0 Å². The summed E-state index contributed by atoms with van der Waals surface area (Å²) in [7, 11) is -7.07. The third-order valence-corrected chi connectivity index (χ3v) is 9.04. The zero-order chi connectivity index (χ0) is 26.8. The monoisotopic (exact) mass is 557 g/mol. The average molecular weight is 557 g/mol. The Morgan fingerprint density at radius 1 is 0.944 bits per heavy atom. The van der Waals surface area contributed by atoms with Gasteiger partial charge in [0.05, 0.1) is 39.4 Å². The highest BCUT2D eigenvalue weighted by Crippen LogP contribution is 2.66. The number of aryl methyl sites for hydroxylation is 1. The second-order valence-electron chi connectivity index (χ2n) is 7.39. The Morgan fingerprint density at radius 3 is 2.11 bits per heavy atom. The summed E-state index contributed by atoms with van der Waals surface area (Å²) in [5, 5.41) is 2.90. The Bertz CT molecular complexity index is 1040. The fourth-order valence-corrected chi connectivity index (χ4v) is 6.51. The third kappa shape index (κ3) is 7.28. The molecule has 0 bridgehead atoms. The number of nitrogens with zero attached hydrogens (tertiary/aromatic N) is 4. The molecule has 36 heavy (non-hydrogen) atoms. The molecule has 0 aliphatic carbocycles. The maximum Gasteiger partial charge on any atom is 0.474 e. The molecule has 2 heterocycles. The predicted molar refractivity (Wildman–Crippen MR) is 130 cm³/mol. The molecule has 2 rings (SSSR count). The standard InChI is InChI=1S/C20H35F2N5O7P2/c1-6-30-35(28,31-7-2)20(21,22)16(11-13-34-36(29,32-8-3)33-9-4)10-12-27-15-26-17-18(23-5)24-14-25-19(17)27/h14-16H,6-13H2,1-5H3,(H,23,24,25)/t16-/m0/s1. The van der Waals surface area contributed by atoms with Crippen LogP contribution in [0.15, 0.2) is 12.7 Å². The van der Waals surface area contributed by atoms with Crippen LogP contribution >= 0.6 is 15.4 Å². The molecule has 16 heteroatoms. The third-order valence-electron chi connectivity index (χ3n) is 5.10. The summed E-state index contributed by atoms with van der Waals surface area (Å²) in [6, 6.07) is 0. The molecule has 1 atom stereocenters. The molecular formula is C20H35F2N5O7P2. The molecule has 0 aliphatic heterocycles. The minimum Gasteiger partial charge on any atom is -0.371 e. The van der Waals surface area contributed by atoms with E-state index in [0.717, 1.165) is 0 Å². The first kappa shape index (κ1) is 30.7. The van der Waals surface area contributed by atoms with Gasteiger partial charge in [-0.15, -0.1) is 0 Å². The predicted octanol–water partition coefficient (Wildman–Crippen LogP) is 5.32. The van der Waals surface area contributed by atoms with E-state index in [4.69, 9.17) is 22.6 Å². The van der Waals surface area contributed by atoms with Gasteiger partial charge < -0.3 is 18.9 Å². The number of fused-ring (bicyclic) bond motifs is 1. The Morgan fingerprint density at radius 2 is 1.56 bits per heavy atom. The van der Waals surface area contributed by atoms with Crippen molar-refractivity contribution in [3.8, 4) is 0 Å². The van der Waals surface area contributed by atoms with Gasteiger partial charge in [-0.05, 0) is 40.5 Å². The zero-order valence-corrected chi connectivity index (χ0v) is 23.0. The molecule has 12 nitrogen and oxygen atoms in total. The summed E-state index contributed by atoms with van der Waals surface area (Å²) in [5.41, 5.74) is -2.94. The summed E-state index contributed by atoms with van der Waals surface area (Å²) >= 11 is 0. The number of rotatable bonds is 18. The number of halogens is 2. The van der Waals surface area contributed by atoms with Crippen molar-refractivity contribution in [1.29, 1.82) is 0 Å². The number of anilines is 1. The maximum atomic E-state index is 15.7. The maximum absolute atomic E-state index is 15.7. The van der Waals surface area contributed by atoms with Crippen LogP contribution in [0.5, 0.6) is 0 Å². The number of aromatic nitrogens is 4. The van der Waals surface area contributed by atoms with Gasteiger partial charge in [-0.2, -0.15) is 8.78 Å². The highest BCUT2D eigenvalue weighted by atomic mass is 31.2. The van der Waals surface area contributed by atoms with Crippen LogP contribution in [0.4, 0.5) is 14.6 Å². The average Bonchev–Trinajstić information content (AvgIpc) is 3.25. The lowest BCUT2D eigenvalue weighted by Gasteiger charge is -2.32. The van der Waals surface area contributed by atoms with Crippen molar-refractivity contribution in [1.82, 2.24) is 19.5 Å². The molecule has 2 aromatic rings. The largest absolute Gasteiger partial charge is 0.474 e. The smallest absolute Gasteiger partial charge is 0.371 e. The molecule has 0 aliphatic rings. The van der Waals surface area contributed by atoms with Crippen LogP contribution in [0.2, 0.25) is 0 Å². The molecule has 0 spiro atoms. The van der Waals surface area contributed by atoms with Crippen molar-refractivity contribution in [2.75, 3.05) is 45.4 Å². The summed E-state index contributed by atoms with van der Waals surface area (Å²) in [6.07, 6.45) is 2.31. The molecule has 0 fully saturated rings. The number of phosphoric ester groups is 1. The van der Waals surface area contributed by atoms with Gasteiger partial charge in [0, 0.05) is 19.5 Å². The Kier molecular flexibility index (Phi) is 11.8. The van der Waals surface area contributed by atoms with Gasteiger partial charge >= 0.3 is 21.1 Å². The summed E-state index contributed by atoms with van der Waals surface area (Å²) < 4.78 is 84.1. The lowest BCUT2D eigenvalue weighted by molar-refractivity contribution is -0.0257. The van der Waals surface area contributed by atoms with Gasteiger partial charge in [0.2, 0.25) is 0 Å². The van der Waals surface area contributed by atoms with E-state index in [1.165, 1.54) is 26.5 Å². The number of nitrogens with one attached hydrogen (secondary N) is 1. The van der Waals surface area contributed by atoms with Crippen molar-refractivity contribution >= 4 is 32.4 Å². The first-order valence-corrected chi connectivity index (χ1v) is 14.8. The number of hydrogen-bond acceptors (Lipinski definition) is 11. The Hall–Kier alpha value is -1.53. The van der Waals surface area contributed by atoms with Gasteiger partial charge in [-0.1, -0.05) is 0 Å². The minimum absolute atomic E-state index is 0.0465. The lowest BCUT2D eigenvalue weighted by atomic mass is 10.0. The molecule has 0 aromatic carbocycles. The van der Waals surface area contributed by atoms with E-state index in [1.54, 1.807) is 25.5 Å². The molecule has 0 unspecified atom stereocenters. The van der Waals surface area contributed by atoms with Crippen molar-refractivity contribution in [3.63, 3.8) is 0 Å². The molecule has 206 valence electrons. The second kappa shape index (κ2) is 13.9. The van der Waals surface area contributed by atoms with Gasteiger partial charge in [0.1, 0.15) is 11.8 Å². The first-order valence-electron chi connectivity index (χ1n) is 11.8. The molecular weight excluding hydrogens is 522 g/mol. The molecule has 0 saturated carbocycles. The molecule has 0 amide bonds. The van der Waals surface area contributed by atoms with E-state index in [-0.39, 0.29) is 45.8 Å². The van der Waals surface area contributed by atoms with E-state index in [2.05, 4.69) is 20.3 Å². The van der Waals surface area contributed by atoms with Crippen LogP contribution in [0.1, 0.15) is 40.5 Å². The van der Waals surface area contributed by atoms with E-state index < -0.39 is 33.6 Å². The topological polar surface area (TPSA) is 136 Å². The van der Waals surface area contributed by atoms with E-state index in [1.807, 2.05) is 0 Å². The first-order chi connectivity index (χ1) is 17.1. The highest BCUT2D eigenvalue weighted by molar-refractivity contribution is 7.55. The van der Waals surface area contributed by atoms with Gasteiger partial charge in [-0.25, -0.2) is 19.5 Å². The second-order valence-corrected chi connectivity index (χ2v) is 11.2.